The molecule has 2 aliphatic heterocycles. The summed E-state index contributed by atoms with van der Waals surface area (Å²) in [4.78, 5) is 23.3. The molecule has 0 spiro atoms. The number of fused-ring (bicyclic) bond motifs is 1. The fourth-order valence-electron chi connectivity index (χ4n) is 5.47. The van der Waals surface area contributed by atoms with E-state index in [2.05, 4.69) is 4.90 Å². The average Bonchev–Trinajstić information content (AvgIpc) is 3.28. The number of aromatic hydroxyl groups is 1. The van der Waals surface area contributed by atoms with Crippen LogP contribution < -0.4 is 4.74 Å². The van der Waals surface area contributed by atoms with Gasteiger partial charge in [-0.2, -0.15) is 0 Å². The highest BCUT2D eigenvalue weighted by Crippen LogP contribution is 2.33. The number of phenols is 1. The molecule has 4 heterocycles. The van der Waals surface area contributed by atoms with Crippen molar-refractivity contribution in [2.24, 2.45) is 0 Å². The maximum absolute atomic E-state index is 14.1. The van der Waals surface area contributed by atoms with Crippen LogP contribution in [-0.2, 0) is 24.4 Å². The molecule has 1 atom stereocenters. The van der Waals surface area contributed by atoms with E-state index >= 15 is 0 Å². The number of likely N-dealkylation sites (tertiary alicyclic amines) is 1. The normalized spacial score (nSPS) is 18.0. The number of hydrogen-bond acceptors (Lipinski definition) is 7. The molecule has 11 heteroatoms. The fourth-order valence-corrected chi connectivity index (χ4v) is 5.63. The van der Waals surface area contributed by atoms with Gasteiger partial charge in [0, 0.05) is 34.9 Å². The smallest absolute Gasteiger partial charge is 0.339 e. The summed E-state index contributed by atoms with van der Waals surface area (Å²) in [5.74, 6) is -0.430. The number of aromatic carboxylic acids is 1. The summed E-state index contributed by atoms with van der Waals surface area (Å²) in [6.45, 7) is 3.61. The molecule has 2 aromatic carbocycles. The van der Waals surface area contributed by atoms with Crippen molar-refractivity contribution in [2.45, 2.75) is 51.0 Å². The van der Waals surface area contributed by atoms with Crippen molar-refractivity contribution in [3.8, 4) is 11.6 Å². The highest BCUT2D eigenvalue weighted by atomic mass is 35.5. The van der Waals surface area contributed by atoms with Crippen LogP contribution in [-0.4, -0.2) is 61.4 Å². The summed E-state index contributed by atoms with van der Waals surface area (Å²) in [7, 11) is 0. The zero-order valence-corrected chi connectivity index (χ0v) is 23.1. The van der Waals surface area contributed by atoms with Crippen LogP contribution in [0.3, 0.4) is 0 Å². The number of carboxylic acid groups (broad SMARTS) is 1. The van der Waals surface area contributed by atoms with Crippen LogP contribution in [0.1, 0.15) is 52.6 Å². The zero-order chi connectivity index (χ0) is 28.5. The molecule has 41 heavy (non-hydrogen) atoms. The first-order chi connectivity index (χ1) is 19.9. The Balaban J connectivity index is 1.12. The quantitative estimate of drug-likeness (QED) is 0.272. The van der Waals surface area contributed by atoms with Crippen molar-refractivity contribution >= 4 is 28.6 Å². The second-order valence-electron chi connectivity index (χ2n) is 10.5. The van der Waals surface area contributed by atoms with E-state index in [9.17, 15) is 19.4 Å². The fraction of sp³-hybridized carbons (Fsp3) is 0.367. The Kier molecular flexibility index (Phi) is 7.79. The van der Waals surface area contributed by atoms with Crippen LogP contribution in [0.2, 0.25) is 5.02 Å². The number of pyridine rings is 1. The molecule has 2 fully saturated rings. The molecule has 9 nitrogen and oxygen atoms in total. The topological polar surface area (TPSA) is 110 Å². The Morgan fingerprint density at radius 1 is 1.12 bits per heavy atom. The number of piperidine rings is 1. The molecule has 0 radical (unpaired) electrons. The number of ether oxygens (including phenoxy) is 2. The monoisotopic (exact) mass is 580 g/mol. The van der Waals surface area contributed by atoms with Gasteiger partial charge in [-0.15, -0.1) is 0 Å². The van der Waals surface area contributed by atoms with Crippen molar-refractivity contribution in [2.75, 3.05) is 19.7 Å². The molecule has 2 aromatic heterocycles. The van der Waals surface area contributed by atoms with Crippen molar-refractivity contribution in [3.63, 3.8) is 0 Å². The van der Waals surface area contributed by atoms with Gasteiger partial charge in [0.05, 0.1) is 24.7 Å². The molecule has 0 saturated carbocycles. The van der Waals surface area contributed by atoms with Gasteiger partial charge in [-0.25, -0.2) is 19.2 Å². The van der Waals surface area contributed by atoms with Crippen molar-refractivity contribution in [1.29, 1.82) is 0 Å². The lowest BCUT2D eigenvalue weighted by Gasteiger charge is -2.32. The predicted octanol–water partition coefficient (Wildman–Crippen LogP) is 5.38. The van der Waals surface area contributed by atoms with E-state index in [-0.39, 0.29) is 29.9 Å². The van der Waals surface area contributed by atoms with Gasteiger partial charge in [0.25, 0.3) is 0 Å². The number of imidazole rings is 1. The van der Waals surface area contributed by atoms with Gasteiger partial charge in [0.1, 0.15) is 29.3 Å². The van der Waals surface area contributed by atoms with E-state index in [0.29, 0.717) is 40.6 Å². The molecular formula is C30H30ClFN4O5. The summed E-state index contributed by atoms with van der Waals surface area (Å²) >= 11 is 5.84. The second-order valence-corrected chi connectivity index (χ2v) is 11.0. The molecule has 0 aliphatic carbocycles. The molecule has 0 bridgehead atoms. The Morgan fingerprint density at radius 3 is 2.63 bits per heavy atom. The maximum Gasteiger partial charge on any atom is 0.339 e. The van der Waals surface area contributed by atoms with Crippen LogP contribution in [0.25, 0.3) is 11.0 Å². The molecular weight excluding hydrogens is 551 g/mol. The van der Waals surface area contributed by atoms with Crippen LogP contribution in [0.5, 0.6) is 11.6 Å². The summed E-state index contributed by atoms with van der Waals surface area (Å²) < 4.78 is 27.6. The number of carboxylic acids is 1. The number of hydrogen-bond donors (Lipinski definition) is 2. The van der Waals surface area contributed by atoms with Gasteiger partial charge in [0.15, 0.2) is 5.75 Å². The minimum atomic E-state index is -1.19. The predicted molar refractivity (Wildman–Crippen MR) is 150 cm³/mol. The third-order valence-electron chi connectivity index (χ3n) is 7.89. The first-order valence-corrected chi connectivity index (χ1v) is 14.1. The third-order valence-corrected chi connectivity index (χ3v) is 8.12. The highest BCUT2D eigenvalue weighted by Gasteiger charge is 2.27. The van der Waals surface area contributed by atoms with Crippen molar-refractivity contribution in [1.82, 2.24) is 19.4 Å². The number of halogens is 2. The van der Waals surface area contributed by atoms with E-state index in [1.165, 1.54) is 12.1 Å². The SMILES string of the molecule is O=C(O)c1ccc2c(nc(CN3CCC(c4cccc(OCc5ccc(Cl)cc5F)n4)CC3)n2C[C@@H]2CCO2)c1O. The Labute approximate surface area is 241 Å². The molecule has 2 aliphatic rings. The number of benzene rings is 2. The summed E-state index contributed by atoms with van der Waals surface area (Å²) in [5.41, 5.74) is 2.20. The van der Waals surface area contributed by atoms with Gasteiger partial charge in [-0.1, -0.05) is 23.7 Å². The van der Waals surface area contributed by atoms with E-state index < -0.39 is 11.8 Å². The molecule has 214 valence electrons. The molecule has 4 aromatic rings. The van der Waals surface area contributed by atoms with Crippen molar-refractivity contribution < 1.29 is 28.9 Å². The molecule has 2 N–H and O–H groups in total. The Bertz CT molecular complexity index is 1580. The third kappa shape index (κ3) is 5.86. The minimum absolute atomic E-state index is 0.0638. The van der Waals surface area contributed by atoms with E-state index in [1.807, 2.05) is 16.7 Å². The Hall–Kier alpha value is -3.73. The van der Waals surface area contributed by atoms with Gasteiger partial charge < -0.3 is 24.3 Å². The number of rotatable bonds is 9. The van der Waals surface area contributed by atoms with Crippen LogP contribution in [0.15, 0.2) is 48.5 Å². The molecule has 6 rings (SSSR count). The van der Waals surface area contributed by atoms with Crippen LogP contribution >= 0.6 is 11.6 Å². The first kappa shape index (κ1) is 27.4. The largest absolute Gasteiger partial charge is 0.505 e. The zero-order valence-electron chi connectivity index (χ0n) is 22.3. The maximum atomic E-state index is 14.1. The number of carbonyl (C=O) groups is 1. The van der Waals surface area contributed by atoms with Gasteiger partial charge >= 0.3 is 5.97 Å². The lowest BCUT2D eigenvalue weighted by molar-refractivity contribution is -0.0592. The summed E-state index contributed by atoms with van der Waals surface area (Å²) in [5, 5.41) is 20.4. The van der Waals surface area contributed by atoms with E-state index in [1.54, 1.807) is 24.3 Å². The lowest BCUT2D eigenvalue weighted by atomic mass is 9.93. The average molecular weight is 581 g/mol. The molecule has 0 unspecified atom stereocenters. The second kappa shape index (κ2) is 11.6. The summed E-state index contributed by atoms with van der Waals surface area (Å²) in [6.07, 6.45) is 2.81. The van der Waals surface area contributed by atoms with E-state index in [4.69, 9.17) is 31.0 Å². The first-order valence-electron chi connectivity index (χ1n) is 13.7. The standard InChI is InChI=1S/C30H30ClFN4O5/c31-20-5-4-19(23(32)14-20)17-41-27-3-1-2-24(33-27)18-8-11-35(12-9-18)16-26-34-28-25(36(26)15-21-10-13-40-21)7-6-22(29(28)37)30(38)39/h1-7,14,18,21,37H,8-13,15-17H2,(H,38,39)/t21-/m0/s1. The molecule has 2 saturated heterocycles. The van der Waals surface area contributed by atoms with E-state index in [0.717, 1.165) is 50.5 Å². The summed E-state index contributed by atoms with van der Waals surface area (Å²) in [6, 6.07) is 13.3. The lowest BCUT2D eigenvalue weighted by Crippen LogP contribution is -2.35. The highest BCUT2D eigenvalue weighted by molar-refractivity contribution is 6.30. The van der Waals surface area contributed by atoms with Gasteiger partial charge in [-0.05, 0) is 62.7 Å². The number of aromatic nitrogens is 3. The van der Waals surface area contributed by atoms with Crippen LogP contribution in [0, 0.1) is 5.82 Å². The minimum Gasteiger partial charge on any atom is -0.505 e. The number of nitrogens with zero attached hydrogens (tertiary/aromatic N) is 4. The molecule has 0 amide bonds. The van der Waals surface area contributed by atoms with Crippen LogP contribution in [0.4, 0.5) is 4.39 Å². The van der Waals surface area contributed by atoms with Gasteiger partial charge in [-0.3, -0.25) is 4.90 Å². The van der Waals surface area contributed by atoms with Gasteiger partial charge in [0.2, 0.25) is 5.88 Å². The Morgan fingerprint density at radius 2 is 1.93 bits per heavy atom. The van der Waals surface area contributed by atoms with Crippen molar-refractivity contribution in [3.05, 3.63) is 82.0 Å².